The van der Waals surface area contributed by atoms with Gasteiger partial charge in [-0.25, -0.2) is 9.97 Å². The van der Waals surface area contributed by atoms with Crippen LogP contribution in [-0.4, -0.2) is 61.7 Å². The fourth-order valence-corrected chi connectivity index (χ4v) is 2.91. The fraction of sp³-hybridized carbons (Fsp3) is 0.261. The van der Waals surface area contributed by atoms with Crippen LogP contribution in [-0.2, 0) is 4.79 Å². The zero-order valence-corrected chi connectivity index (χ0v) is 17.9. The number of carbonyl (C=O) groups is 2. The molecule has 1 aromatic carbocycles. The summed E-state index contributed by atoms with van der Waals surface area (Å²) < 4.78 is 0. The molecule has 32 heavy (non-hydrogen) atoms. The van der Waals surface area contributed by atoms with Gasteiger partial charge in [-0.15, -0.1) is 0 Å². The van der Waals surface area contributed by atoms with Crippen LogP contribution < -0.4 is 5.73 Å². The number of hydrogen-bond acceptors (Lipinski definition) is 6. The highest BCUT2D eigenvalue weighted by Gasteiger charge is 2.22. The van der Waals surface area contributed by atoms with Crippen LogP contribution in [0.15, 0.2) is 42.6 Å². The number of nitrogens with two attached hydrogens (primary N) is 1. The molecule has 9 nitrogen and oxygen atoms in total. The lowest BCUT2D eigenvalue weighted by atomic mass is 9.96. The third kappa shape index (κ3) is 5.56. The number of rotatable bonds is 8. The average Bonchev–Trinajstić information content (AvgIpc) is 3.36. The number of hydrogen-bond donors (Lipinski definition) is 3. The number of nitrogens with zero attached hydrogens (tertiary/aromatic N) is 4. The molecule has 0 fully saturated rings. The van der Waals surface area contributed by atoms with Gasteiger partial charge in [0.25, 0.3) is 5.91 Å². The maximum absolute atomic E-state index is 11.8. The highest BCUT2D eigenvalue weighted by molar-refractivity contribution is 5.92. The molecule has 0 aliphatic carbocycles. The number of aromatic amines is 1. The third-order valence-electron chi connectivity index (χ3n) is 4.96. The van der Waals surface area contributed by atoms with E-state index in [9.17, 15) is 14.7 Å². The van der Waals surface area contributed by atoms with Gasteiger partial charge >= 0.3 is 0 Å². The summed E-state index contributed by atoms with van der Waals surface area (Å²) in [5, 5.41) is 17.5. The minimum Gasteiger partial charge on any atom is -0.378 e. The lowest BCUT2D eigenvalue weighted by Gasteiger charge is -2.22. The Hall–Kier alpha value is -4.03. The van der Waals surface area contributed by atoms with Gasteiger partial charge in [-0.1, -0.05) is 30.9 Å². The van der Waals surface area contributed by atoms with Gasteiger partial charge in [-0.05, 0) is 30.7 Å². The lowest BCUT2D eigenvalue weighted by Crippen LogP contribution is -2.31. The molecule has 0 radical (unpaired) electrons. The molecule has 2 heterocycles. The normalized spacial score (nSPS) is 12.3. The van der Waals surface area contributed by atoms with Crippen molar-refractivity contribution in [2.75, 3.05) is 13.6 Å². The average molecular weight is 432 g/mol. The van der Waals surface area contributed by atoms with Crippen molar-refractivity contribution in [3.05, 3.63) is 53.9 Å². The van der Waals surface area contributed by atoms with Crippen LogP contribution in [0.1, 0.15) is 35.8 Å². The smallest absolute Gasteiger partial charge is 0.267 e. The Kier molecular flexibility index (Phi) is 6.97. The van der Waals surface area contributed by atoms with Crippen molar-refractivity contribution in [2.45, 2.75) is 25.4 Å². The maximum Gasteiger partial charge on any atom is 0.267 e. The minimum absolute atomic E-state index is 0.0794. The van der Waals surface area contributed by atoms with Crippen molar-refractivity contribution in [1.82, 2.24) is 25.1 Å². The Morgan fingerprint density at radius 2 is 2.12 bits per heavy atom. The van der Waals surface area contributed by atoms with Gasteiger partial charge in [0.05, 0.1) is 11.4 Å². The first-order valence-corrected chi connectivity index (χ1v) is 10.0. The van der Waals surface area contributed by atoms with E-state index in [1.807, 2.05) is 6.92 Å². The molecule has 4 N–H and O–H groups in total. The molecule has 164 valence electrons. The van der Waals surface area contributed by atoms with Gasteiger partial charge < -0.3 is 15.7 Å². The molecule has 2 amide bonds. The number of carbonyl (C=O) groups excluding carboxylic acids is 2. The minimum atomic E-state index is -1.22. The second-order valence-corrected chi connectivity index (χ2v) is 7.35. The third-order valence-corrected chi connectivity index (χ3v) is 4.96. The van der Waals surface area contributed by atoms with Crippen molar-refractivity contribution in [1.29, 1.82) is 0 Å². The van der Waals surface area contributed by atoms with Gasteiger partial charge in [-0.2, -0.15) is 5.10 Å². The number of aromatic nitrogens is 4. The predicted octanol–water partition coefficient (Wildman–Crippen LogP) is 1.60. The first-order chi connectivity index (χ1) is 15.3. The fourth-order valence-electron chi connectivity index (χ4n) is 2.91. The molecular formula is C23H24N6O3. The van der Waals surface area contributed by atoms with Gasteiger partial charge in [0.1, 0.15) is 11.3 Å². The van der Waals surface area contributed by atoms with Crippen LogP contribution in [0.3, 0.4) is 0 Å². The lowest BCUT2D eigenvalue weighted by molar-refractivity contribution is -0.117. The van der Waals surface area contributed by atoms with Crippen molar-refractivity contribution in [3.8, 4) is 34.6 Å². The molecule has 3 rings (SSSR count). The second kappa shape index (κ2) is 9.85. The molecule has 0 bridgehead atoms. The maximum atomic E-state index is 11.8. The molecule has 2 aromatic heterocycles. The van der Waals surface area contributed by atoms with E-state index in [-0.39, 0.29) is 5.69 Å². The van der Waals surface area contributed by atoms with E-state index < -0.39 is 11.5 Å². The van der Waals surface area contributed by atoms with Crippen LogP contribution in [0.2, 0.25) is 0 Å². The van der Waals surface area contributed by atoms with Gasteiger partial charge in [-0.3, -0.25) is 14.7 Å². The van der Waals surface area contributed by atoms with Crippen molar-refractivity contribution in [2.24, 2.45) is 5.73 Å². The quantitative estimate of drug-likeness (QED) is 0.365. The number of benzene rings is 1. The number of amides is 2. The van der Waals surface area contributed by atoms with E-state index in [2.05, 4.69) is 32.0 Å². The van der Waals surface area contributed by atoms with Crippen LogP contribution in [0.5, 0.6) is 0 Å². The standard InChI is InChI=1S/C23H24N6O3/c1-3-23(32,10-12-29(2)15-30)9-7-16-5-4-6-17(13-16)22-26-19(18-8-11-25-28-18)14-20(27-22)21(24)31/h4-6,8,11,13-15,32H,3,10,12H2,1-2H3,(H2,24,31)(H,25,28). The molecule has 0 aliphatic rings. The summed E-state index contributed by atoms with van der Waals surface area (Å²) in [6.07, 6.45) is 3.05. The van der Waals surface area contributed by atoms with Gasteiger partial charge in [0.15, 0.2) is 5.82 Å². The summed E-state index contributed by atoms with van der Waals surface area (Å²) in [5.41, 5.74) is 6.71. The first kappa shape index (κ1) is 22.7. The van der Waals surface area contributed by atoms with E-state index in [4.69, 9.17) is 5.73 Å². The highest BCUT2D eigenvalue weighted by atomic mass is 16.3. The number of aliphatic hydroxyl groups is 1. The summed E-state index contributed by atoms with van der Waals surface area (Å²) in [6.45, 7) is 2.23. The van der Waals surface area contributed by atoms with Crippen LogP contribution in [0.4, 0.5) is 0 Å². The Morgan fingerprint density at radius 1 is 1.31 bits per heavy atom. The van der Waals surface area contributed by atoms with Crippen molar-refractivity contribution < 1.29 is 14.7 Å². The van der Waals surface area contributed by atoms with Crippen LogP contribution in [0.25, 0.3) is 22.8 Å². The van der Waals surface area contributed by atoms with Gasteiger partial charge in [0.2, 0.25) is 6.41 Å². The zero-order chi connectivity index (χ0) is 23.1. The summed E-state index contributed by atoms with van der Waals surface area (Å²) in [7, 11) is 1.65. The molecule has 0 saturated heterocycles. The van der Waals surface area contributed by atoms with E-state index in [0.29, 0.717) is 54.1 Å². The molecule has 0 saturated carbocycles. The van der Waals surface area contributed by atoms with E-state index >= 15 is 0 Å². The number of H-pyrrole nitrogens is 1. The van der Waals surface area contributed by atoms with E-state index in [1.54, 1.807) is 43.6 Å². The Morgan fingerprint density at radius 3 is 2.78 bits per heavy atom. The first-order valence-electron chi connectivity index (χ1n) is 10.0. The van der Waals surface area contributed by atoms with Gasteiger partial charge in [0, 0.05) is 37.3 Å². The van der Waals surface area contributed by atoms with Crippen LogP contribution >= 0.6 is 0 Å². The summed E-state index contributed by atoms with van der Waals surface area (Å²) in [5.74, 6) is 5.56. The molecule has 0 spiro atoms. The molecule has 0 aliphatic heterocycles. The number of nitrogens with one attached hydrogen (secondary N) is 1. The Labute approximate surface area is 185 Å². The molecule has 1 atom stereocenters. The summed E-state index contributed by atoms with van der Waals surface area (Å²) in [6, 6.07) is 10.4. The van der Waals surface area contributed by atoms with Crippen molar-refractivity contribution >= 4 is 12.3 Å². The van der Waals surface area contributed by atoms with E-state index in [0.717, 1.165) is 0 Å². The molecular weight excluding hydrogens is 408 g/mol. The molecule has 3 aromatic rings. The van der Waals surface area contributed by atoms with E-state index in [1.165, 1.54) is 11.0 Å². The topological polar surface area (TPSA) is 138 Å². The van der Waals surface area contributed by atoms with Crippen LogP contribution in [0, 0.1) is 11.8 Å². The Balaban J connectivity index is 1.94. The Bertz CT molecular complexity index is 1170. The zero-order valence-electron chi connectivity index (χ0n) is 17.9. The molecule has 1 unspecified atom stereocenters. The second-order valence-electron chi connectivity index (χ2n) is 7.35. The molecule has 9 heteroatoms. The predicted molar refractivity (Wildman–Crippen MR) is 119 cm³/mol. The monoisotopic (exact) mass is 432 g/mol. The highest BCUT2D eigenvalue weighted by Crippen LogP contribution is 2.22. The largest absolute Gasteiger partial charge is 0.378 e. The van der Waals surface area contributed by atoms with Crippen molar-refractivity contribution in [3.63, 3.8) is 0 Å². The SMILES string of the molecule is CCC(O)(C#Cc1cccc(-c2nc(C(N)=O)cc(-c3ccn[nH]3)n2)c1)CCN(C)C=O. The summed E-state index contributed by atoms with van der Waals surface area (Å²) in [4.78, 5) is 32.8. The number of primary amides is 1. The summed E-state index contributed by atoms with van der Waals surface area (Å²) >= 11 is 0.